The summed E-state index contributed by atoms with van der Waals surface area (Å²) in [5.41, 5.74) is 14.7. The highest BCUT2D eigenvalue weighted by Gasteiger charge is 2.16. The lowest BCUT2D eigenvalue weighted by molar-refractivity contribution is 0.515. The van der Waals surface area contributed by atoms with E-state index in [2.05, 4.69) is 9.97 Å². The lowest BCUT2D eigenvalue weighted by Gasteiger charge is -2.13. The maximum absolute atomic E-state index is 6.14. The molecule has 0 fully saturated rings. The first kappa shape index (κ1) is 14.3. The molecule has 0 atom stereocenters. The molecule has 0 saturated carbocycles. The lowest BCUT2D eigenvalue weighted by atomic mass is 9.95. The van der Waals surface area contributed by atoms with E-state index >= 15 is 0 Å². The van der Waals surface area contributed by atoms with Crippen molar-refractivity contribution >= 4 is 22.7 Å². The second kappa shape index (κ2) is 5.73. The average Bonchev–Trinajstić information content (AvgIpc) is 3.22. The van der Waals surface area contributed by atoms with Crippen molar-refractivity contribution in [2.75, 3.05) is 11.5 Å². The van der Waals surface area contributed by atoms with Crippen LogP contribution in [-0.2, 0) is 12.8 Å². The number of hydrogen-bond acceptors (Lipinski definition) is 6. The fraction of sp³-hybridized carbons (Fsp3) is 0.111. The lowest BCUT2D eigenvalue weighted by Crippen LogP contribution is -2.05. The summed E-state index contributed by atoms with van der Waals surface area (Å²) in [7, 11) is 0. The fourth-order valence-electron chi connectivity index (χ4n) is 2.94. The number of aromatic nitrogens is 2. The Morgan fingerprint density at radius 1 is 0.833 bits per heavy atom. The fourth-order valence-corrected chi connectivity index (χ4v) is 2.94. The van der Waals surface area contributed by atoms with Crippen LogP contribution in [0.2, 0.25) is 0 Å². The Labute approximate surface area is 138 Å². The smallest absolute Gasteiger partial charge is 0.222 e. The molecule has 4 N–H and O–H groups in total. The van der Waals surface area contributed by atoms with E-state index in [4.69, 9.17) is 20.3 Å². The Morgan fingerprint density at radius 3 is 2.21 bits per heavy atom. The average molecular weight is 320 g/mol. The first-order chi connectivity index (χ1) is 11.7. The summed E-state index contributed by atoms with van der Waals surface area (Å²) in [5.74, 6) is 2.27. The number of anilines is 2. The summed E-state index contributed by atoms with van der Waals surface area (Å²) in [4.78, 5) is 8.42. The first-order valence-corrected chi connectivity index (χ1v) is 7.59. The van der Waals surface area contributed by atoms with Gasteiger partial charge in [0.05, 0.1) is 18.0 Å². The molecule has 24 heavy (non-hydrogen) atoms. The highest BCUT2D eigenvalue weighted by atomic mass is 16.3. The number of fused-ring (bicyclic) bond motifs is 1. The van der Waals surface area contributed by atoms with Crippen LogP contribution in [0.25, 0.3) is 10.9 Å². The van der Waals surface area contributed by atoms with Crippen molar-refractivity contribution in [1.29, 1.82) is 0 Å². The standard InChI is InChI=1S/C18H16N4O2/c19-17-16-14(10-13-4-2-8-24-13)11(9-12-3-1-7-23-12)5-6-15(16)21-18(20)22-17/h1-8H,9-10H2,(H4,19,20,21,22). The van der Waals surface area contributed by atoms with Gasteiger partial charge < -0.3 is 20.3 Å². The van der Waals surface area contributed by atoms with Gasteiger partial charge in [-0.3, -0.25) is 0 Å². The third-order valence-electron chi connectivity index (χ3n) is 3.99. The van der Waals surface area contributed by atoms with Crippen molar-refractivity contribution in [1.82, 2.24) is 9.97 Å². The van der Waals surface area contributed by atoms with E-state index in [0.29, 0.717) is 18.7 Å². The molecule has 0 bridgehead atoms. The molecule has 4 aromatic rings. The zero-order valence-electron chi connectivity index (χ0n) is 12.9. The predicted molar refractivity (Wildman–Crippen MR) is 91.4 cm³/mol. The molecule has 120 valence electrons. The number of benzene rings is 1. The van der Waals surface area contributed by atoms with E-state index in [-0.39, 0.29) is 5.95 Å². The first-order valence-electron chi connectivity index (χ1n) is 7.59. The summed E-state index contributed by atoms with van der Waals surface area (Å²) in [6.07, 6.45) is 4.58. The van der Waals surface area contributed by atoms with Gasteiger partial charge in [0.25, 0.3) is 0 Å². The van der Waals surface area contributed by atoms with Crippen molar-refractivity contribution in [3.8, 4) is 0 Å². The van der Waals surface area contributed by atoms with Gasteiger partial charge in [0, 0.05) is 18.2 Å². The van der Waals surface area contributed by atoms with Crippen molar-refractivity contribution in [2.24, 2.45) is 0 Å². The molecule has 0 aliphatic heterocycles. The normalized spacial score (nSPS) is 11.2. The molecule has 4 rings (SSSR count). The minimum Gasteiger partial charge on any atom is -0.469 e. The molecule has 3 heterocycles. The second-order valence-corrected chi connectivity index (χ2v) is 5.58. The van der Waals surface area contributed by atoms with E-state index in [1.54, 1.807) is 12.5 Å². The van der Waals surface area contributed by atoms with Crippen LogP contribution in [-0.4, -0.2) is 9.97 Å². The summed E-state index contributed by atoms with van der Waals surface area (Å²) in [5, 5.41) is 0.810. The third-order valence-corrected chi connectivity index (χ3v) is 3.99. The number of nitrogens with zero attached hydrogens (tertiary/aromatic N) is 2. The van der Waals surface area contributed by atoms with Crippen molar-refractivity contribution in [3.63, 3.8) is 0 Å². The van der Waals surface area contributed by atoms with Crippen molar-refractivity contribution < 1.29 is 8.83 Å². The summed E-state index contributed by atoms with van der Waals surface area (Å²) in [6.45, 7) is 0. The van der Waals surface area contributed by atoms with Crippen LogP contribution in [0.4, 0.5) is 11.8 Å². The monoisotopic (exact) mass is 320 g/mol. The highest BCUT2D eigenvalue weighted by Crippen LogP contribution is 2.30. The Balaban J connectivity index is 1.90. The van der Waals surface area contributed by atoms with Gasteiger partial charge in [-0.1, -0.05) is 6.07 Å². The molecule has 0 spiro atoms. The van der Waals surface area contributed by atoms with Gasteiger partial charge in [-0.05, 0) is 41.5 Å². The largest absolute Gasteiger partial charge is 0.469 e. The molecule has 1 aromatic carbocycles. The van der Waals surface area contributed by atoms with E-state index in [0.717, 1.165) is 33.6 Å². The predicted octanol–water partition coefficient (Wildman–Crippen LogP) is 3.16. The van der Waals surface area contributed by atoms with E-state index in [1.165, 1.54) is 0 Å². The van der Waals surface area contributed by atoms with Crippen LogP contribution in [0.5, 0.6) is 0 Å². The molecular formula is C18H16N4O2. The Bertz CT molecular complexity index is 976. The summed E-state index contributed by atoms with van der Waals surface area (Å²) >= 11 is 0. The van der Waals surface area contributed by atoms with Crippen LogP contribution >= 0.6 is 0 Å². The number of nitrogens with two attached hydrogens (primary N) is 2. The number of rotatable bonds is 4. The number of furan rings is 2. The number of nitrogen functional groups attached to an aromatic ring is 2. The zero-order chi connectivity index (χ0) is 16.5. The van der Waals surface area contributed by atoms with Gasteiger partial charge in [0.15, 0.2) is 0 Å². The minimum absolute atomic E-state index is 0.169. The van der Waals surface area contributed by atoms with Gasteiger partial charge in [-0.25, -0.2) is 4.98 Å². The maximum atomic E-state index is 6.14. The quantitative estimate of drug-likeness (QED) is 0.598. The number of hydrogen-bond donors (Lipinski definition) is 2. The van der Waals surface area contributed by atoms with Gasteiger partial charge in [0.2, 0.25) is 5.95 Å². The third kappa shape index (κ3) is 2.58. The Morgan fingerprint density at radius 2 is 1.54 bits per heavy atom. The zero-order valence-corrected chi connectivity index (χ0v) is 12.9. The summed E-state index contributed by atoms with van der Waals surface area (Å²) in [6, 6.07) is 11.6. The Hall–Kier alpha value is -3.28. The SMILES string of the molecule is Nc1nc(N)c2c(Cc3ccco3)c(Cc3ccco3)ccc2n1. The molecular weight excluding hydrogens is 304 g/mol. The van der Waals surface area contributed by atoms with Crippen molar-refractivity contribution in [2.45, 2.75) is 12.8 Å². The molecule has 6 heteroatoms. The van der Waals surface area contributed by atoms with Crippen LogP contribution in [0.15, 0.2) is 57.8 Å². The molecule has 0 saturated heterocycles. The Kier molecular flexibility index (Phi) is 3.42. The van der Waals surface area contributed by atoms with Crippen LogP contribution in [0.3, 0.4) is 0 Å². The van der Waals surface area contributed by atoms with Gasteiger partial charge in [-0.15, -0.1) is 0 Å². The maximum Gasteiger partial charge on any atom is 0.222 e. The minimum atomic E-state index is 0.169. The van der Waals surface area contributed by atoms with E-state index in [9.17, 15) is 0 Å². The molecule has 0 unspecified atom stereocenters. The van der Waals surface area contributed by atoms with Crippen molar-refractivity contribution in [3.05, 3.63) is 71.6 Å². The highest BCUT2D eigenvalue weighted by molar-refractivity contribution is 5.93. The topological polar surface area (TPSA) is 104 Å². The summed E-state index contributed by atoms with van der Waals surface area (Å²) < 4.78 is 11.0. The van der Waals surface area contributed by atoms with Gasteiger partial charge >= 0.3 is 0 Å². The van der Waals surface area contributed by atoms with Crippen LogP contribution in [0.1, 0.15) is 22.6 Å². The molecule has 3 aromatic heterocycles. The molecule has 6 nitrogen and oxygen atoms in total. The van der Waals surface area contributed by atoms with E-state index in [1.807, 2.05) is 36.4 Å². The molecule has 0 amide bonds. The second-order valence-electron chi connectivity index (χ2n) is 5.58. The van der Waals surface area contributed by atoms with Crippen LogP contribution < -0.4 is 11.5 Å². The molecule has 0 radical (unpaired) electrons. The molecule has 0 aliphatic carbocycles. The van der Waals surface area contributed by atoms with E-state index < -0.39 is 0 Å². The molecule has 0 aliphatic rings. The van der Waals surface area contributed by atoms with Gasteiger partial charge in [0.1, 0.15) is 17.3 Å². The van der Waals surface area contributed by atoms with Gasteiger partial charge in [-0.2, -0.15) is 4.98 Å². The van der Waals surface area contributed by atoms with Crippen LogP contribution in [0, 0.1) is 0 Å².